The molecule has 1 aromatic carbocycles. The van der Waals surface area contributed by atoms with Gasteiger partial charge in [-0.25, -0.2) is 4.39 Å². The molecule has 1 atom stereocenters. The predicted octanol–water partition coefficient (Wildman–Crippen LogP) is 4.07. The van der Waals surface area contributed by atoms with Crippen molar-refractivity contribution in [1.29, 1.82) is 0 Å². The highest BCUT2D eigenvalue weighted by atomic mass is 19.1. The number of ether oxygens (including phenoxy) is 1. The van der Waals surface area contributed by atoms with Crippen LogP contribution < -0.4 is 4.74 Å². The molecule has 1 unspecified atom stereocenters. The summed E-state index contributed by atoms with van der Waals surface area (Å²) in [4.78, 5) is 0. The van der Waals surface area contributed by atoms with E-state index in [0.717, 1.165) is 29.7 Å². The SMILES string of the molecule is CC(C)CCC(F)c1cccc2c1OCC2. The third kappa shape index (κ3) is 2.37. The summed E-state index contributed by atoms with van der Waals surface area (Å²) in [7, 11) is 0. The van der Waals surface area contributed by atoms with Crippen molar-refractivity contribution in [3.63, 3.8) is 0 Å². The number of rotatable bonds is 4. The highest BCUT2D eigenvalue weighted by Crippen LogP contribution is 2.37. The number of halogens is 1. The Labute approximate surface area is 96.6 Å². The molecule has 0 spiro atoms. The smallest absolute Gasteiger partial charge is 0.129 e. The summed E-state index contributed by atoms with van der Waals surface area (Å²) in [6.45, 7) is 4.94. The summed E-state index contributed by atoms with van der Waals surface area (Å²) in [6, 6.07) is 5.82. The molecular formula is C14H19FO. The zero-order valence-electron chi connectivity index (χ0n) is 10.0. The second kappa shape index (κ2) is 4.86. The van der Waals surface area contributed by atoms with Crippen LogP contribution >= 0.6 is 0 Å². The quantitative estimate of drug-likeness (QED) is 0.746. The van der Waals surface area contributed by atoms with Crippen molar-refractivity contribution in [2.45, 2.75) is 39.3 Å². The molecule has 2 heteroatoms. The van der Waals surface area contributed by atoms with Crippen molar-refractivity contribution in [1.82, 2.24) is 0 Å². The topological polar surface area (TPSA) is 9.23 Å². The van der Waals surface area contributed by atoms with E-state index in [1.807, 2.05) is 18.2 Å². The standard InChI is InChI=1S/C14H19FO/c1-10(2)6-7-13(15)12-5-3-4-11-8-9-16-14(11)12/h3-5,10,13H,6-9H2,1-2H3. The summed E-state index contributed by atoms with van der Waals surface area (Å²) >= 11 is 0. The van der Waals surface area contributed by atoms with Crippen LogP contribution in [-0.2, 0) is 6.42 Å². The molecule has 0 saturated carbocycles. The lowest BCUT2D eigenvalue weighted by molar-refractivity contribution is 0.285. The van der Waals surface area contributed by atoms with Crippen LogP contribution in [0.15, 0.2) is 18.2 Å². The molecule has 0 bridgehead atoms. The second-order valence-electron chi connectivity index (χ2n) is 4.87. The lowest BCUT2D eigenvalue weighted by Gasteiger charge is -2.13. The van der Waals surface area contributed by atoms with E-state index in [-0.39, 0.29) is 0 Å². The van der Waals surface area contributed by atoms with E-state index in [2.05, 4.69) is 13.8 Å². The minimum Gasteiger partial charge on any atom is -0.493 e. The number of para-hydroxylation sites is 1. The maximum Gasteiger partial charge on any atom is 0.129 e. The van der Waals surface area contributed by atoms with Gasteiger partial charge in [0.05, 0.1) is 6.61 Å². The zero-order chi connectivity index (χ0) is 11.5. The second-order valence-corrected chi connectivity index (χ2v) is 4.87. The van der Waals surface area contributed by atoms with Crippen LogP contribution in [-0.4, -0.2) is 6.61 Å². The predicted molar refractivity (Wildman–Crippen MR) is 63.6 cm³/mol. The van der Waals surface area contributed by atoms with E-state index in [1.54, 1.807) is 0 Å². The molecule has 0 amide bonds. The first-order chi connectivity index (χ1) is 7.68. The summed E-state index contributed by atoms with van der Waals surface area (Å²) in [5, 5.41) is 0. The van der Waals surface area contributed by atoms with Gasteiger partial charge in [0.15, 0.2) is 0 Å². The average molecular weight is 222 g/mol. The maximum atomic E-state index is 14.1. The third-order valence-corrected chi connectivity index (χ3v) is 3.08. The van der Waals surface area contributed by atoms with Crippen molar-refractivity contribution in [3.05, 3.63) is 29.3 Å². The molecule has 1 aromatic rings. The zero-order valence-corrected chi connectivity index (χ0v) is 10.0. The van der Waals surface area contributed by atoms with Gasteiger partial charge in [-0.05, 0) is 24.3 Å². The molecule has 88 valence electrons. The van der Waals surface area contributed by atoms with Gasteiger partial charge in [0.1, 0.15) is 11.9 Å². The normalized spacial score (nSPS) is 16.0. The van der Waals surface area contributed by atoms with Gasteiger partial charge in [-0.1, -0.05) is 32.0 Å². The molecule has 0 aromatic heterocycles. The Kier molecular flexibility index (Phi) is 3.47. The lowest BCUT2D eigenvalue weighted by Crippen LogP contribution is -1.98. The summed E-state index contributed by atoms with van der Waals surface area (Å²) in [5.74, 6) is 1.36. The molecule has 2 rings (SSSR count). The molecule has 16 heavy (non-hydrogen) atoms. The Balaban J connectivity index is 2.11. The van der Waals surface area contributed by atoms with Crippen LogP contribution in [0.2, 0.25) is 0 Å². The minimum atomic E-state index is -0.879. The van der Waals surface area contributed by atoms with E-state index in [0.29, 0.717) is 18.9 Å². The van der Waals surface area contributed by atoms with Crippen molar-refractivity contribution in [2.75, 3.05) is 6.61 Å². The average Bonchev–Trinajstić information content (AvgIpc) is 2.73. The maximum absolute atomic E-state index is 14.1. The summed E-state index contributed by atoms with van der Waals surface area (Å²) in [5.41, 5.74) is 1.90. The van der Waals surface area contributed by atoms with Gasteiger partial charge in [-0.3, -0.25) is 0 Å². The Bertz CT molecular complexity index is 360. The lowest BCUT2D eigenvalue weighted by atomic mass is 9.98. The van der Waals surface area contributed by atoms with Gasteiger partial charge in [-0.15, -0.1) is 0 Å². The van der Waals surface area contributed by atoms with Gasteiger partial charge < -0.3 is 4.74 Å². The number of alkyl halides is 1. The van der Waals surface area contributed by atoms with E-state index in [1.165, 1.54) is 0 Å². The molecule has 1 heterocycles. The van der Waals surface area contributed by atoms with Gasteiger partial charge in [0.25, 0.3) is 0 Å². The van der Waals surface area contributed by atoms with Gasteiger partial charge >= 0.3 is 0 Å². The molecule has 0 saturated heterocycles. The van der Waals surface area contributed by atoms with E-state index >= 15 is 0 Å². The number of hydrogen-bond acceptors (Lipinski definition) is 1. The minimum absolute atomic E-state index is 0.552. The van der Waals surface area contributed by atoms with E-state index in [4.69, 9.17) is 4.74 Å². The first-order valence-corrected chi connectivity index (χ1v) is 6.07. The first kappa shape index (κ1) is 11.4. The fourth-order valence-corrected chi connectivity index (χ4v) is 2.12. The number of fused-ring (bicyclic) bond motifs is 1. The Morgan fingerprint density at radius 3 is 2.88 bits per heavy atom. The van der Waals surface area contributed by atoms with Gasteiger partial charge in [-0.2, -0.15) is 0 Å². The Morgan fingerprint density at radius 1 is 1.31 bits per heavy atom. The molecular weight excluding hydrogens is 203 g/mol. The Morgan fingerprint density at radius 2 is 2.12 bits per heavy atom. The number of benzene rings is 1. The fourth-order valence-electron chi connectivity index (χ4n) is 2.12. The summed E-state index contributed by atoms with van der Waals surface area (Å²) < 4.78 is 19.6. The largest absolute Gasteiger partial charge is 0.493 e. The van der Waals surface area contributed by atoms with Crippen molar-refractivity contribution in [3.8, 4) is 5.75 Å². The van der Waals surface area contributed by atoms with Crippen molar-refractivity contribution < 1.29 is 9.13 Å². The van der Waals surface area contributed by atoms with Crippen molar-refractivity contribution >= 4 is 0 Å². The van der Waals surface area contributed by atoms with Gasteiger partial charge in [0.2, 0.25) is 0 Å². The van der Waals surface area contributed by atoms with E-state index < -0.39 is 6.17 Å². The first-order valence-electron chi connectivity index (χ1n) is 6.07. The van der Waals surface area contributed by atoms with E-state index in [9.17, 15) is 4.39 Å². The fraction of sp³-hybridized carbons (Fsp3) is 0.571. The van der Waals surface area contributed by atoms with Crippen molar-refractivity contribution in [2.24, 2.45) is 5.92 Å². The molecule has 0 N–H and O–H groups in total. The Hall–Kier alpha value is -1.05. The molecule has 1 aliphatic rings. The van der Waals surface area contributed by atoms with Crippen LogP contribution in [0.4, 0.5) is 4.39 Å². The molecule has 1 nitrogen and oxygen atoms in total. The third-order valence-electron chi connectivity index (χ3n) is 3.08. The van der Waals surface area contributed by atoms with Crippen LogP contribution in [0, 0.1) is 5.92 Å². The van der Waals surface area contributed by atoms with Crippen LogP contribution in [0.5, 0.6) is 5.75 Å². The van der Waals surface area contributed by atoms with Crippen LogP contribution in [0.1, 0.15) is 44.0 Å². The molecule has 1 aliphatic heterocycles. The van der Waals surface area contributed by atoms with Crippen LogP contribution in [0.3, 0.4) is 0 Å². The molecule has 0 fully saturated rings. The number of hydrogen-bond donors (Lipinski definition) is 0. The monoisotopic (exact) mass is 222 g/mol. The van der Waals surface area contributed by atoms with Gasteiger partial charge in [0, 0.05) is 12.0 Å². The highest BCUT2D eigenvalue weighted by Gasteiger charge is 2.21. The van der Waals surface area contributed by atoms with Crippen LogP contribution in [0.25, 0.3) is 0 Å². The summed E-state index contributed by atoms with van der Waals surface area (Å²) in [6.07, 6.45) is 1.55. The molecule has 0 radical (unpaired) electrons. The highest BCUT2D eigenvalue weighted by molar-refractivity contribution is 5.45. The molecule has 0 aliphatic carbocycles.